The molecule has 0 bridgehead atoms. The summed E-state index contributed by atoms with van der Waals surface area (Å²) in [5.74, 6) is 0. The smallest absolute Gasteiger partial charge is 0.225 e. The van der Waals surface area contributed by atoms with Crippen LogP contribution in [0.5, 0.6) is 0 Å². The van der Waals surface area contributed by atoms with Crippen LogP contribution in [-0.2, 0) is 9.59 Å². The maximum atomic E-state index is 12.4. The van der Waals surface area contributed by atoms with Gasteiger partial charge in [0.05, 0.1) is 15.2 Å². The molecule has 0 amide bonds. The Kier molecular flexibility index (Phi) is 5.08. The zero-order valence-electron chi connectivity index (χ0n) is 13.4. The number of allylic oxidation sites excluding steroid dienone is 3. The Bertz CT molecular complexity index is 599. The molecule has 0 N–H and O–H groups in total. The Balaban J connectivity index is 2.45. The SMILES string of the molecule is CC(=C1C(=O)SC(C)(C)SC1=O)/C(C#N)=C(\C)N1CCCC1. The zero-order valence-corrected chi connectivity index (χ0v) is 15.0. The van der Waals surface area contributed by atoms with Gasteiger partial charge in [0, 0.05) is 18.8 Å². The molecule has 4 nitrogen and oxygen atoms in total. The van der Waals surface area contributed by atoms with E-state index in [9.17, 15) is 14.9 Å². The Morgan fingerprint density at radius 1 is 1.14 bits per heavy atom. The Hall–Kier alpha value is -1.19. The molecule has 0 aromatic rings. The number of likely N-dealkylation sites (tertiary alicyclic amines) is 1. The van der Waals surface area contributed by atoms with E-state index in [1.165, 1.54) is 0 Å². The molecule has 2 aliphatic heterocycles. The van der Waals surface area contributed by atoms with Gasteiger partial charge in [-0.1, -0.05) is 23.5 Å². The Morgan fingerprint density at radius 2 is 1.64 bits per heavy atom. The number of rotatable bonds is 2. The maximum absolute atomic E-state index is 12.4. The second kappa shape index (κ2) is 6.51. The summed E-state index contributed by atoms with van der Waals surface area (Å²) < 4.78 is -0.446. The molecule has 0 saturated carbocycles. The topological polar surface area (TPSA) is 61.2 Å². The van der Waals surface area contributed by atoms with Crippen molar-refractivity contribution in [1.82, 2.24) is 4.90 Å². The summed E-state index contributed by atoms with van der Waals surface area (Å²) in [6.45, 7) is 9.19. The molecule has 0 unspecified atom stereocenters. The lowest BCUT2D eigenvalue weighted by molar-refractivity contribution is -0.113. The highest BCUT2D eigenvalue weighted by molar-refractivity contribution is 8.33. The van der Waals surface area contributed by atoms with Gasteiger partial charge >= 0.3 is 0 Å². The zero-order chi connectivity index (χ0) is 16.5. The van der Waals surface area contributed by atoms with Crippen molar-refractivity contribution in [3.63, 3.8) is 0 Å². The van der Waals surface area contributed by atoms with Gasteiger partial charge in [-0.15, -0.1) is 0 Å². The van der Waals surface area contributed by atoms with Gasteiger partial charge in [-0.05, 0) is 46.1 Å². The van der Waals surface area contributed by atoms with Crippen LogP contribution < -0.4 is 0 Å². The van der Waals surface area contributed by atoms with Crippen molar-refractivity contribution in [3.8, 4) is 6.07 Å². The van der Waals surface area contributed by atoms with Gasteiger partial charge in [0.2, 0.25) is 10.2 Å². The van der Waals surface area contributed by atoms with Crippen molar-refractivity contribution < 1.29 is 9.59 Å². The van der Waals surface area contributed by atoms with Crippen molar-refractivity contribution in [3.05, 3.63) is 22.4 Å². The van der Waals surface area contributed by atoms with Crippen LogP contribution in [-0.4, -0.2) is 32.3 Å². The minimum atomic E-state index is -0.446. The van der Waals surface area contributed by atoms with Gasteiger partial charge in [0.1, 0.15) is 6.07 Å². The van der Waals surface area contributed by atoms with Gasteiger partial charge in [0.15, 0.2) is 0 Å². The van der Waals surface area contributed by atoms with E-state index in [4.69, 9.17) is 0 Å². The highest BCUT2D eigenvalue weighted by Gasteiger charge is 2.39. The fourth-order valence-corrected chi connectivity index (χ4v) is 5.00. The molecular formula is C16H20N2O2S2. The van der Waals surface area contributed by atoms with Crippen molar-refractivity contribution in [2.75, 3.05) is 13.1 Å². The third-order valence-electron chi connectivity index (χ3n) is 3.89. The Labute approximate surface area is 140 Å². The van der Waals surface area contributed by atoms with E-state index in [0.29, 0.717) is 11.1 Å². The summed E-state index contributed by atoms with van der Waals surface area (Å²) in [5.41, 5.74) is 2.01. The summed E-state index contributed by atoms with van der Waals surface area (Å²) in [6, 6.07) is 2.19. The summed E-state index contributed by atoms with van der Waals surface area (Å²) >= 11 is 2.31. The summed E-state index contributed by atoms with van der Waals surface area (Å²) in [5, 5.41) is 9.07. The minimum absolute atomic E-state index is 0.171. The van der Waals surface area contributed by atoms with E-state index in [1.54, 1.807) is 6.92 Å². The van der Waals surface area contributed by atoms with Gasteiger partial charge < -0.3 is 4.90 Å². The van der Waals surface area contributed by atoms with Crippen molar-refractivity contribution in [1.29, 1.82) is 5.26 Å². The summed E-state index contributed by atoms with van der Waals surface area (Å²) in [6.07, 6.45) is 2.23. The van der Waals surface area contributed by atoms with Crippen LogP contribution in [0.25, 0.3) is 0 Å². The highest BCUT2D eigenvalue weighted by atomic mass is 32.2. The van der Waals surface area contributed by atoms with Crippen LogP contribution in [0, 0.1) is 11.3 Å². The maximum Gasteiger partial charge on any atom is 0.225 e. The number of carbonyl (C=O) groups excluding carboxylic acids is 2. The molecule has 0 spiro atoms. The van der Waals surface area contributed by atoms with Crippen molar-refractivity contribution >= 4 is 33.8 Å². The third kappa shape index (κ3) is 3.41. The fraction of sp³-hybridized carbons (Fsp3) is 0.562. The molecule has 2 aliphatic rings. The predicted octanol–water partition coefficient (Wildman–Crippen LogP) is 3.47. The fourth-order valence-electron chi connectivity index (χ4n) is 2.73. The van der Waals surface area contributed by atoms with E-state index in [2.05, 4.69) is 11.0 Å². The molecule has 2 fully saturated rings. The standard InChI is InChI=1S/C16H20N2O2S2/c1-10(12(9-17)11(2)18-7-5-6-8-18)13-14(19)21-16(3,4)22-15(13)20/h5-8H2,1-4H3/b12-11+. The first kappa shape index (κ1) is 17.2. The molecule has 0 radical (unpaired) electrons. The van der Waals surface area contributed by atoms with E-state index < -0.39 is 4.08 Å². The molecule has 0 aromatic carbocycles. The Morgan fingerprint density at radius 3 is 2.09 bits per heavy atom. The number of hydrogen-bond acceptors (Lipinski definition) is 6. The first-order valence-electron chi connectivity index (χ1n) is 7.30. The molecule has 118 valence electrons. The lowest BCUT2D eigenvalue weighted by Crippen LogP contribution is -2.27. The molecule has 2 heterocycles. The first-order chi connectivity index (χ1) is 10.3. The minimum Gasteiger partial charge on any atom is -0.374 e. The molecule has 0 aliphatic carbocycles. The molecule has 22 heavy (non-hydrogen) atoms. The molecule has 2 rings (SSSR count). The van der Waals surface area contributed by atoms with E-state index in [0.717, 1.165) is 55.2 Å². The average molecular weight is 336 g/mol. The molecule has 0 atom stereocenters. The second-order valence-electron chi connectivity index (χ2n) is 5.95. The molecular weight excluding hydrogens is 316 g/mol. The molecule has 0 aromatic heterocycles. The predicted molar refractivity (Wildman–Crippen MR) is 91.1 cm³/mol. The van der Waals surface area contributed by atoms with Crippen LogP contribution in [0.1, 0.15) is 40.5 Å². The molecule has 6 heteroatoms. The van der Waals surface area contributed by atoms with Gasteiger partial charge in [-0.3, -0.25) is 9.59 Å². The van der Waals surface area contributed by atoms with Crippen molar-refractivity contribution in [2.24, 2.45) is 0 Å². The quantitative estimate of drug-likeness (QED) is 0.437. The number of thioether (sulfide) groups is 2. The van der Waals surface area contributed by atoms with Crippen LogP contribution in [0.15, 0.2) is 22.4 Å². The van der Waals surface area contributed by atoms with E-state index >= 15 is 0 Å². The van der Waals surface area contributed by atoms with E-state index in [1.807, 2.05) is 20.8 Å². The average Bonchev–Trinajstić information content (AvgIpc) is 2.90. The lowest BCUT2D eigenvalue weighted by atomic mass is 10.0. The van der Waals surface area contributed by atoms with Crippen LogP contribution in [0.4, 0.5) is 0 Å². The lowest BCUT2D eigenvalue weighted by Gasteiger charge is -2.28. The first-order valence-corrected chi connectivity index (χ1v) is 8.94. The second-order valence-corrected chi connectivity index (χ2v) is 9.39. The number of carbonyl (C=O) groups is 2. The third-order valence-corrected chi connectivity index (χ3v) is 6.15. The van der Waals surface area contributed by atoms with Crippen LogP contribution >= 0.6 is 23.5 Å². The number of hydrogen-bond donors (Lipinski definition) is 0. The number of nitrogens with zero attached hydrogens (tertiary/aromatic N) is 2. The summed E-state index contributed by atoms with van der Waals surface area (Å²) in [4.78, 5) is 26.9. The van der Waals surface area contributed by atoms with Crippen molar-refractivity contribution in [2.45, 2.75) is 44.6 Å². The highest BCUT2D eigenvalue weighted by Crippen LogP contribution is 2.46. The van der Waals surface area contributed by atoms with Crippen LogP contribution in [0.2, 0.25) is 0 Å². The van der Waals surface area contributed by atoms with E-state index in [-0.39, 0.29) is 15.8 Å². The van der Waals surface area contributed by atoms with Gasteiger partial charge in [0.25, 0.3) is 0 Å². The number of nitriles is 1. The monoisotopic (exact) mass is 336 g/mol. The van der Waals surface area contributed by atoms with Gasteiger partial charge in [-0.2, -0.15) is 5.26 Å². The van der Waals surface area contributed by atoms with Crippen LogP contribution in [0.3, 0.4) is 0 Å². The normalized spacial score (nSPS) is 22.5. The molecule has 2 saturated heterocycles. The largest absolute Gasteiger partial charge is 0.374 e. The van der Waals surface area contributed by atoms with Gasteiger partial charge in [-0.25, -0.2) is 0 Å². The summed E-state index contributed by atoms with van der Waals surface area (Å²) in [7, 11) is 0.